The molecule has 15 heavy (non-hydrogen) atoms. The first-order valence-corrected chi connectivity index (χ1v) is 5.30. The molecule has 84 valence electrons. The number of furan rings is 1. The van der Waals surface area contributed by atoms with Gasteiger partial charge in [0.2, 0.25) is 0 Å². The van der Waals surface area contributed by atoms with Gasteiger partial charge in [-0.3, -0.25) is 4.79 Å². The van der Waals surface area contributed by atoms with Crippen LogP contribution in [-0.4, -0.2) is 18.0 Å². The van der Waals surface area contributed by atoms with E-state index < -0.39 is 5.60 Å². The molecule has 0 saturated heterocycles. The van der Waals surface area contributed by atoms with Crippen LogP contribution in [0.25, 0.3) is 0 Å². The van der Waals surface area contributed by atoms with Crippen molar-refractivity contribution in [3.8, 4) is 0 Å². The predicted molar refractivity (Wildman–Crippen MR) is 57.7 cm³/mol. The number of hydrogen-bond acceptors (Lipinski definition) is 3. The molecule has 1 aromatic rings. The topological polar surface area (TPSA) is 39.4 Å². The third-order valence-corrected chi connectivity index (χ3v) is 2.67. The molecule has 0 spiro atoms. The first kappa shape index (κ1) is 12.0. The zero-order valence-electron chi connectivity index (χ0n) is 9.58. The first-order chi connectivity index (χ1) is 7.12. The molecule has 1 heterocycles. The fourth-order valence-electron chi connectivity index (χ4n) is 1.46. The van der Waals surface area contributed by atoms with Crippen LogP contribution >= 0.6 is 0 Å². The van der Waals surface area contributed by atoms with E-state index in [4.69, 9.17) is 9.15 Å². The van der Waals surface area contributed by atoms with Crippen LogP contribution in [0.5, 0.6) is 0 Å². The summed E-state index contributed by atoms with van der Waals surface area (Å²) in [6.45, 7) is 6.27. The van der Waals surface area contributed by atoms with Crippen LogP contribution in [0.2, 0.25) is 0 Å². The molecule has 1 unspecified atom stereocenters. The molecule has 1 atom stereocenters. The highest BCUT2D eigenvalue weighted by atomic mass is 16.5. The monoisotopic (exact) mass is 210 g/mol. The number of hydrogen-bond donors (Lipinski definition) is 0. The molecular weight excluding hydrogens is 192 g/mol. The van der Waals surface area contributed by atoms with Crippen molar-refractivity contribution in [3.63, 3.8) is 0 Å². The predicted octanol–water partition coefficient (Wildman–Crippen LogP) is 2.60. The molecule has 0 aliphatic rings. The van der Waals surface area contributed by atoms with Gasteiger partial charge in [-0.15, -0.1) is 0 Å². The van der Waals surface area contributed by atoms with Crippen molar-refractivity contribution in [2.24, 2.45) is 0 Å². The molecule has 3 nitrogen and oxygen atoms in total. The summed E-state index contributed by atoms with van der Waals surface area (Å²) >= 11 is 0. The van der Waals surface area contributed by atoms with Gasteiger partial charge in [0.15, 0.2) is 5.78 Å². The van der Waals surface area contributed by atoms with Gasteiger partial charge in [0, 0.05) is 13.0 Å². The first-order valence-electron chi connectivity index (χ1n) is 5.30. The van der Waals surface area contributed by atoms with Crippen LogP contribution in [0.4, 0.5) is 0 Å². The van der Waals surface area contributed by atoms with Gasteiger partial charge in [-0.25, -0.2) is 0 Å². The Morgan fingerprint density at radius 2 is 2.27 bits per heavy atom. The second-order valence-electron chi connectivity index (χ2n) is 3.75. The molecular formula is C12H18O3. The lowest BCUT2D eigenvalue weighted by Crippen LogP contribution is -2.38. The highest BCUT2D eigenvalue weighted by Gasteiger charge is 2.31. The van der Waals surface area contributed by atoms with E-state index in [0.29, 0.717) is 19.4 Å². The van der Waals surface area contributed by atoms with Crippen LogP contribution < -0.4 is 0 Å². The number of carbonyl (C=O) groups is 1. The molecule has 1 rings (SSSR count). The lowest BCUT2D eigenvalue weighted by Gasteiger charge is -2.26. The van der Waals surface area contributed by atoms with Gasteiger partial charge in [0.05, 0.1) is 12.5 Å². The van der Waals surface area contributed by atoms with Gasteiger partial charge in [-0.2, -0.15) is 0 Å². The zero-order chi connectivity index (χ0) is 11.3. The van der Waals surface area contributed by atoms with Crippen molar-refractivity contribution in [3.05, 3.63) is 24.2 Å². The molecule has 0 N–H and O–H groups in total. The van der Waals surface area contributed by atoms with Crippen molar-refractivity contribution >= 4 is 5.78 Å². The van der Waals surface area contributed by atoms with Gasteiger partial charge < -0.3 is 9.15 Å². The summed E-state index contributed by atoms with van der Waals surface area (Å²) in [4.78, 5) is 12.0. The van der Waals surface area contributed by atoms with E-state index in [1.165, 1.54) is 0 Å². The molecule has 3 heteroatoms. The van der Waals surface area contributed by atoms with E-state index in [1.807, 2.05) is 20.8 Å². The van der Waals surface area contributed by atoms with Crippen LogP contribution in [0.15, 0.2) is 23.0 Å². The Labute approximate surface area is 90.4 Å². The molecule has 0 aliphatic carbocycles. The Kier molecular flexibility index (Phi) is 4.09. The Balaban J connectivity index is 2.65. The van der Waals surface area contributed by atoms with E-state index in [1.54, 1.807) is 18.6 Å². The Bertz CT molecular complexity index is 303. The summed E-state index contributed by atoms with van der Waals surface area (Å²) < 4.78 is 10.4. The second kappa shape index (κ2) is 5.12. The van der Waals surface area contributed by atoms with Crippen molar-refractivity contribution in [2.45, 2.75) is 39.2 Å². The quantitative estimate of drug-likeness (QED) is 0.724. The summed E-state index contributed by atoms with van der Waals surface area (Å²) in [5.41, 5.74) is 0.242. The van der Waals surface area contributed by atoms with Crippen molar-refractivity contribution in [2.75, 3.05) is 6.61 Å². The van der Waals surface area contributed by atoms with E-state index in [2.05, 4.69) is 0 Å². The molecule has 0 aromatic carbocycles. The summed E-state index contributed by atoms with van der Waals surface area (Å²) in [7, 11) is 0. The van der Waals surface area contributed by atoms with E-state index in [0.717, 1.165) is 5.56 Å². The standard InChI is InChI=1S/C12H18O3/c1-4-12(3,15-5-2)11(13)8-10-6-7-14-9-10/h6-7,9H,4-5,8H2,1-3H3. The lowest BCUT2D eigenvalue weighted by molar-refractivity contribution is -0.141. The third kappa shape index (κ3) is 2.93. The summed E-state index contributed by atoms with van der Waals surface area (Å²) in [5, 5.41) is 0. The average Bonchev–Trinajstić information content (AvgIpc) is 2.70. The minimum atomic E-state index is -0.661. The highest BCUT2D eigenvalue weighted by Crippen LogP contribution is 2.19. The van der Waals surface area contributed by atoms with Gasteiger partial charge >= 0.3 is 0 Å². The van der Waals surface area contributed by atoms with Gasteiger partial charge in [0.1, 0.15) is 5.60 Å². The smallest absolute Gasteiger partial charge is 0.168 e. The molecule has 1 aromatic heterocycles. The lowest BCUT2D eigenvalue weighted by atomic mass is 9.93. The molecule has 0 aliphatic heterocycles. The van der Waals surface area contributed by atoms with E-state index in [-0.39, 0.29) is 5.78 Å². The van der Waals surface area contributed by atoms with Gasteiger partial charge in [0.25, 0.3) is 0 Å². The van der Waals surface area contributed by atoms with Crippen molar-refractivity contribution in [1.29, 1.82) is 0 Å². The van der Waals surface area contributed by atoms with E-state index >= 15 is 0 Å². The van der Waals surface area contributed by atoms with Crippen LogP contribution in [0.3, 0.4) is 0 Å². The highest BCUT2D eigenvalue weighted by molar-refractivity contribution is 5.88. The molecule has 0 radical (unpaired) electrons. The SMILES string of the molecule is CCOC(C)(CC)C(=O)Cc1ccoc1. The molecule has 0 bridgehead atoms. The zero-order valence-corrected chi connectivity index (χ0v) is 9.58. The second-order valence-corrected chi connectivity index (χ2v) is 3.75. The Morgan fingerprint density at radius 1 is 1.53 bits per heavy atom. The number of rotatable bonds is 6. The van der Waals surface area contributed by atoms with E-state index in [9.17, 15) is 4.79 Å². The number of ketones is 1. The summed E-state index contributed by atoms with van der Waals surface area (Å²) in [6.07, 6.45) is 4.24. The van der Waals surface area contributed by atoms with Crippen LogP contribution in [0, 0.1) is 0 Å². The maximum atomic E-state index is 12.0. The fourth-order valence-corrected chi connectivity index (χ4v) is 1.46. The number of Topliss-reactive ketones (excluding diaryl/α,β-unsaturated/α-hetero) is 1. The molecule has 0 saturated carbocycles. The van der Waals surface area contributed by atoms with Gasteiger partial charge in [-0.1, -0.05) is 6.92 Å². The van der Waals surface area contributed by atoms with Gasteiger partial charge in [-0.05, 0) is 31.9 Å². The Morgan fingerprint density at radius 3 is 2.73 bits per heavy atom. The number of ether oxygens (including phenoxy) is 1. The summed E-state index contributed by atoms with van der Waals surface area (Å²) in [6, 6.07) is 1.81. The molecule has 0 fully saturated rings. The maximum absolute atomic E-state index is 12.0. The third-order valence-electron chi connectivity index (χ3n) is 2.67. The largest absolute Gasteiger partial charge is 0.472 e. The average molecular weight is 210 g/mol. The van der Waals surface area contributed by atoms with Crippen LogP contribution in [0.1, 0.15) is 32.8 Å². The molecule has 0 amide bonds. The Hall–Kier alpha value is -1.09. The minimum Gasteiger partial charge on any atom is -0.472 e. The number of carbonyl (C=O) groups excluding carboxylic acids is 1. The van der Waals surface area contributed by atoms with Crippen LogP contribution in [-0.2, 0) is 16.0 Å². The normalized spacial score (nSPS) is 14.9. The summed E-state index contributed by atoms with van der Waals surface area (Å²) in [5.74, 6) is 0.105. The fraction of sp³-hybridized carbons (Fsp3) is 0.583. The van der Waals surface area contributed by atoms with Crippen molar-refractivity contribution in [1.82, 2.24) is 0 Å². The maximum Gasteiger partial charge on any atom is 0.168 e. The minimum absolute atomic E-state index is 0.105. The van der Waals surface area contributed by atoms with Crippen molar-refractivity contribution < 1.29 is 13.9 Å².